The molecule has 3 aromatic rings. The van der Waals surface area contributed by atoms with E-state index in [-0.39, 0.29) is 35.0 Å². The number of hydrogen-bond acceptors (Lipinski definition) is 8. The Kier molecular flexibility index (Phi) is 6.76. The van der Waals surface area contributed by atoms with Crippen LogP contribution >= 0.6 is 11.6 Å². The Morgan fingerprint density at radius 1 is 1.29 bits per heavy atom. The van der Waals surface area contributed by atoms with Crippen molar-refractivity contribution >= 4 is 51.6 Å². The molecule has 202 valence electrons. The molecule has 1 amide bonds. The number of carbonyl (C=O) groups is 1. The largest absolute Gasteiger partial charge is 0.480 e. The van der Waals surface area contributed by atoms with Gasteiger partial charge in [-0.3, -0.25) is 9.59 Å². The van der Waals surface area contributed by atoms with Crippen molar-refractivity contribution in [1.82, 2.24) is 19.4 Å². The number of benzene rings is 1. The molecule has 38 heavy (non-hydrogen) atoms. The van der Waals surface area contributed by atoms with Crippen LogP contribution in [0.2, 0.25) is 5.02 Å². The lowest BCUT2D eigenvalue weighted by Crippen LogP contribution is -2.55. The molecule has 0 radical (unpaired) electrons. The Hall–Kier alpha value is -3.67. The number of alkyl halides is 2. The number of likely N-dealkylation sites (N-methyl/N-ethyl adjacent to an activating group) is 1. The first-order valence-corrected chi connectivity index (χ1v) is 12.7. The SMILES string of the molecule is CCCC1CN(C)C(=O)CN1c1ncc(Cl)c(Nc2ccc3c(c2)c2c(c(=O)n3C)OCC(F)(F)CN2)n1. The minimum atomic E-state index is -3.13. The lowest BCUT2D eigenvalue weighted by Gasteiger charge is -2.39. The van der Waals surface area contributed by atoms with Gasteiger partial charge in [-0.25, -0.2) is 13.8 Å². The summed E-state index contributed by atoms with van der Waals surface area (Å²) in [5, 5.41) is 6.65. The van der Waals surface area contributed by atoms with Crippen molar-refractivity contribution in [3.63, 3.8) is 0 Å². The second-order valence-electron chi connectivity index (χ2n) is 9.63. The quantitative estimate of drug-likeness (QED) is 0.499. The van der Waals surface area contributed by atoms with Crippen molar-refractivity contribution in [2.45, 2.75) is 31.7 Å². The summed E-state index contributed by atoms with van der Waals surface area (Å²) in [6.07, 6.45) is 3.29. The van der Waals surface area contributed by atoms with E-state index in [0.717, 1.165) is 12.8 Å². The van der Waals surface area contributed by atoms with E-state index in [4.69, 9.17) is 16.3 Å². The van der Waals surface area contributed by atoms with Crippen molar-refractivity contribution in [1.29, 1.82) is 0 Å². The number of ether oxygens (including phenoxy) is 1. The van der Waals surface area contributed by atoms with E-state index in [9.17, 15) is 18.4 Å². The predicted molar refractivity (Wildman–Crippen MR) is 142 cm³/mol. The Morgan fingerprint density at radius 2 is 2.08 bits per heavy atom. The van der Waals surface area contributed by atoms with Crippen LogP contribution in [0, 0.1) is 0 Å². The molecule has 1 unspecified atom stereocenters. The number of piperazine rings is 1. The molecule has 13 heteroatoms. The van der Waals surface area contributed by atoms with Crippen molar-refractivity contribution in [3.8, 4) is 5.75 Å². The van der Waals surface area contributed by atoms with Crippen LogP contribution in [0.25, 0.3) is 10.9 Å². The van der Waals surface area contributed by atoms with Crippen LogP contribution in [-0.4, -0.2) is 70.6 Å². The van der Waals surface area contributed by atoms with Crippen molar-refractivity contribution in [2.24, 2.45) is 7.05 Å². The van der Waals surface area contributed by atoms with Gasteiger partial charge in [0, 0.05) is 31.7 Å². The summed E-state index contributed by atoms with van der Waals surface area (Å²) in [7, 11) is 3.34. The molecule has 4 heterocycles. The van der Waals surface area contributed by atoms with Crippen LogP contribution in [0.15, 0.2) is 29.2 Å². The number of amides is 1. The first kappa shape index (κ1) is 26.0. The number of anilines is 4. The average molecular weight is 548 g/mol. The zero-order valence-electron chi connectivity index (χ0n) is 21.2. The van der Waals surface area contributed by atoms with E-state index in [0.29, 0.717) is 34.9 Å². The lowest BCUT2D eigenvalue weighted by molar-refractivity contribution is -0.130. The fourth-order valence-electron chi connectivity index (χ4n) is 4.80. The summed E-state index contributed by atoms with van der Waals surface area (Å²) < 4.78 is 34.6. The van der Waals surface area contributed by atoms with Gasteiger partial charge in [-0.05, 0) is 24.6 Å². The Balaban J connectivity index is 1.51. The minimum Gasteiger partial charge on any atom is -0.480 e. The summed E-state index contributed by atoms with van der Waals surface area (Å²) in [5.41, 5.74) is 0.790. The normalized spacial score (nSPS) is 19.0. The molecular formula is C25H28ClF2N7O3. The fourth-order valence-corrected chi connectivity index (χ4v) is 4.94. The zero-order chi connectivity index (χ0) is 27.2. The van der Waals surface area contributed by atoms with E-state index < -0.39 is 24.6 Å². The number of pyridine rings is 1. The van der Waals surface area contributed by atoms with E-state index in [1.807, 2.05) is 4.90 Å². The maximum absolute atomic E-state index is 14.0. The van der Waals surface area contributed by atoms with Crippen molar-refractivity contribution in [2.75, 3.05) is 48.8 Å². The first-order valence-electron chi connectivity index (χ1n) is 12.3. The topological polar surface area (TPSA) is 105 Å². The van der Waals surface area contributed by atoms with Gasteiger partial charge in [-0.2, -0.15) is 4.98 Å². The standard InChI is InChI=1S/C25H28ClF2N7O3/c1-4-5-15-10-33(2)19(36)11-35(15)24-29-9-17(26)22(32-24)31-14-6-7-18-16(8-14)20-21(23(37)34(18)3)38-13-25(27,28)12-30-20/h6-9,15,30H,4-5,10-13H2,1-3H3,(H,29,31,32). The summed E-state index contributed by atoms with van der Waals surface area (Å²) in [6, 6.07) is 5.22. The number of nitrogens with zero attached hydrogens (tertiary/aromatic N) is 5. The van der Waals surface area contributed by atoms with Gasteiger partial charge in [0.1, 0.15) is 11.6 Å². The third-order valence-corrected chi connectivity index (χ3v) is 7.11. The van der Waals surface area contributed by atoms with Gasteiger partial charge in [0.15, 0.2) is 12.4 Å². The third-order valence-electron chi connectivity index (χ3n) is 6.83. The summed E-state index contributed by atoms with van der Waals surface area (Å²) in [6.45, 7) is 1.27. The highest BCUT2D eigenvalue weighted by atomic mass is 35.5. The molecule has 1 fully saturated rings. The van der Waals surface area contributed by atoms with E-state index >= 15 is 0 Å². The molecule has 2 aromatic heterocycles. The van der Waals surface area contributed by atoms with Gasteiger partial charge in [0.05, 0.1) is 30.0 Å². The van der Waals surface area contributed by atoms with Gasteiger partial charge in [-0.15, -0.1) is 0 Å². The van der Waals surface area contributed by atoms with Crippen molar-refractivity contribution in [3.05, 3.63) is 39.8 Å². The molecule has 2 N–H and O–H groups in total. The number of nitrogens with one attached hydrogen (secondary N) is 2. The number of aromatic nitrogens is 3. The van der Waals surface area contributed by atoms with Crippen LogP contribution in [-0.2, 0) is 11.8 Å². The fraction of sp³-hybridized carbons (Fsp3) is 0.440. The van der Waals surface area contributed by atoms with Crippen LogP contribution in [0.1, 0.15) is 19.8 Å². The van der Waals surface area contributed by atoms with E-state index in [1.54, 1.807) is 37.2 Å². The third kappa shape index (κ3) is 4.80. The molecule has 0 saturated carbocycles. The first-order chi connectivity index (χ1) is 18.1. The van der Waals surface area contributed by atoms with Crippen LogP contribution in [0.4, 0.5) is 31.9 Å². The Bertz CT molecular complexity index is 1470. The molecular weight excluding hydrogens is 520 g/mol. The van der Waals surface area contributed by atoms with Crippen LogP contribution in [0.3, 0.4) is 0 Å². The highest BCUT2D eigenvalue weighted by molar-refractivity contribution is 6.33. The Morgan fingerprint density at radius 3 is 2.84 bits per heavy atom. The molecule has 10 nitrogen and oxygen atoms in total. The maximum Gasteiger partial charge on any atom is 0.298 e. The number of carbonyl (C=O) groups excluding carboxylic acids is 1. The number of rotatable bonds is 5. The van der Waals surface area contributed by atoms with Crippen LogP contribution < -0.4 is 25.8 Å². The average Bonchev–Trinajstić information content (AvgIpc) is 3.04. The predicted octanol–water partition coefficient (Wildman–Crippen LogP) is 3.61. The molecule has 2 aliphatic rings. The molecule has 2 aliphatic heterocycles. The zero-order valence-corrected chi connectivity index (χ0v) is 22.0. The minimum absolute atomic E-state index is 0.0217. The Labute approximate surface area is 222 Å². The molecule has 1 saturated heterocycles. The summed E-state index contributed by atoms with van der Waals surface area (Å²) in [4.78, 5) is 37.8. The van der Waals surface area contributed by atoms with Crippen LogP contribution in [0.5, 0.6) is 5.75 Å². The number of fused-ring (bicyclic) bond motifs is 3. The molecule has 0 spiro atoms. The molecule has 0 aliphatic carbocycles. The highest BCUT2D eigenvalue weighted by Crippen LogP contribution is 2.36. The summed E-state index contributed by atoms with van der Waals surface area (Å²) in [5.74, 6) is -2.60. The van der Waals surface area contributed by atoms with Crippen molar-refractivity contribution < 1.29 is 18.3 Å². The molecule has 1 atom stereocenters. The monoisotopic (exact) mass is 547 g/mol. The lowest BCUT2D eigenvalue weighted by atomic mass is 10.1. The van der Waals surface area contributed by atoms with Gasteiger partial charge in [0.2, 0.25) is 17.6 Å². The molecule has 0 bridgehead atoms. The molecule has 1 aromatic carbocycles. The summed E-state index contributed by atoms with van der Waals surface area (Å²) >= 11 is 6.42. The second-order valence-corrected chi connectivity index (χ2v) is 10.0. The highest BCUT2D eigenvalue weighted by Gasteiger charge is 2.35. The van der Waals surface area contributed by atoms with Gasteiger partial charge in [-0.1, -0.05) is 24.9 Å². The van der Waals surface area contributed by atoms with E-state index in [2.05, 4.69) is 27.5 Å². The second kappa shape index (κ2) is 9.90. The smallest absolute Gasteiger partial charge is 0.298 e. The van der Waals surface area contributed by atoms with E-state index in [1.165, 1.54) is 10.8 Å². The van der Waals surface area contributed by atoms with Gasteiger partial charge < -0.3 is 29.7 Å². The van der Waals surface area contributed by atoms with Gasteiger partial charge >= 0.3 is 0 Å². The number of halogens is 3. The van der Waals surface area contributed by atoms with Gasteiger partial charge in [0.25, 0.3) is 11.5 Å². The maximum atomic E-state index is 14.0. The molecule has 5 rings (SSSR count). The number of aryl methyl sites for hydroxylation is 1. The number of hydrogen-bond donors (Lipinski definition) is 2.